The second kappa shape index (κ2) is 6.21. The van der Waals surface area contributed by atoms with Crippen molar-refractivity contribution in [1.29, 1.82) is 0 Å². The van der Waals surface area contributed by atoms with Crippen LogP contribution in [0.25, 0.3) is 0 Å². The van der Waals surface area contributed by atoms with Crippen molar-refractivity contribution in [3.8, 4) is 0 Å². The first-order valence-corrected chi connectivity index (χ1v) is 6.55. The van der Waals surface area contributed by atoms with Crippen LogP contribution in [-0.4, -0.2) is 32.8 Å². The molecule has 6 heteroatoms. The van der Waals surface area contributed by atoms with Gasteiger partial charge < -0.3 is 10.4 Å². The molecule has 2 N–H and O–H groups in total. The third-order valence-corrected chi connectivity index (χ3v) is 3.37. The van der Waals surface area contributed by atoms with E-state index in [1.54, 1.807) is 18.7 Å². The molecule has 0 saturated carbocycles. The SMILES string of the molecule is Cc1c(C(=O)NC(Cc2ccccc2)C(=O)O)cnn1C. The molecule has 110 valence electrons. The lowest BCUT2D eigenvalue weighted by Crippen LogP contribution is -2.42. The zero-order valence-corrected chi connectivity index (χ0v) is 11.9. The smallest absolute Gasteiger partial charge is 0.326 e. The monoisotopic (exact) mass is 287 g/mol. The molecule has 1 atom stereocenters. The molecule has 0 bridgehead atoms. The van der Waals surface area contributed by atoms with Gasteiger partial charge >= 0.3 is 5.97 Å². The van der Waals surface area contributed by atoms with E-state index in [0.29, 0.717) is 11.3 Å². The second-order valence-electron chi connectivity index (χ2n) is 4.82. The fourth-order valence-electron chi connectivity index (χ4n) is 2.01. The number of nitrogens with zero attached hydrogens (tertiary/aromatic N) is 2. The van der Waals surface area contributed by atoms with Crippen LogP contribution in [0.3, 0.4) is 0 Å². The van der Waals surface area contributed by atoms with Crippen molar-refractivity contribution in [3.05, 3.63) is 53.3 Å². The quantitative estimate of drug-likeness (QED) is 0.864. The lowest BCUT2D eigenvalue weighted by atomic mass is 10.1. The minimum atomic E-state index is -1.06. The van der Waals surface area contributed by atoms with E-state index in [1.807, 2.05) is 30.3 Å². The predicted molar refractivity (Wildman–Crippen MR) is 77.0 cm³/mol. The largest absolute Gasteiger partial charge is 0.480 e. The van der Waals surface area contributed by atoms with E-state index in [-0.39, 0.29) is 6.42 Å². The Kier molecular flexibility index (Phi) is 4.37. The number of aryl methyl sites for hydroxylation is 1. The van der Waals surface area contributed by atoms with E-state index in [1.165, 1.54) is 6.20 Å². The van der Waals surface area contributed by atoms with Gasteiger partial charge in [0.05, 0.1) is 11.8 Å². The highest BCUT2D eigenvalue weighted by Gasteiger charge is 2.22. The van der Waals surface area contributed by atoms with Gasteiger partial charge in [0, 0.05) is 19.2 Å². The van der Waals surface area contributed by atoms with Gasteiger partial charge in [0.2, 0.25) is 0 Å². The summed E-state index contributed by atoms with van der Waals surface area (Å²) in [5, 5.41) is 15.8. The van der Waals surface area contributed by atoms with Gasteiger partial charge in [0.15, 0.2) is 0 Å². The highest BCUT2D eigenvalue weighted by Crippen LogP contribution is 2.08. The lowest BCUT2D eigenvalue weighted by Gasteiger charge is -2.14. The molecule has 1 unspecified atom stereocenters. The maximum Gasteiger partial charge on any atom is 0.326 e. The number of carboxylic acids is 1. The first kappa shape index (κ1) is 14.8. The van der Waals surface area contributed by atoms with E-state index >= 15 is 0 Å². The van der Waals surface area contributed by atoms with Crippen LogP contribution >= 0.6 is 0 Å². The first-order valence-electron chi connectivity index (χ1n) is 6.55. The number of aromatic nitrogens is 2. The summed E-state index contributed by atoms with van der Waals surface area (Å²) in [5.74, 6) is -1.49. The highest BCUT2D eigenvalue weighted by molar-refractivity contribution is 5.97. The number of hydrogen-bond acceptors (Lipinski definition) is 3. The number of hydrogen-bond donors (Lipinski definition) is 2. The topological polar surface area (TPSA) is 84.2 Å². The Balaban J connectivity index is 2.11. The number of aliphatic carboxylic acids is 1. The van der Waals surface area contributed by atoms with Gasteiger partial charge in [-0.3, -0.25) is 9.48 Å². The van der Waals surface area contributed by atoms with Gasteiger partial charge in [-0.1, -0.05) is 30.3 Å². The van der Waals surface area contributed by atoms with Crippen LogP contribution in [0.1, 0.15) is 21.6 Å². The maximum atomic E-state index is 12.2. The van der Waals surface area contributed by atoms with Gasteiger partial charge in [0.25, 0.3) is 5.91 Å². The average Bonchev–Trinajstić information content (AvgIpc) is 2.79. The Bertz CT molecular complexity index is 649. The number of benzene rings is 1. The zero-order chi connectivity index (χ0) is 15.4. The summed E-state index contributed by atoms with van der Waals surface area (Å²) in [7, 11) is 1.73. The van der Waals surface area contributed by atoms with Crippen molar-refractivity contribution < 1.29 is 14.7 Å². The van der Waals surface area contributed by atoms with Gasteiger partial charge in [-0.05, 0) is 12.5 Å². The van der Waals surface area contributed by atoms with Crippen molar-refractivity contribution in [2.75, 3.05) is 0 Å². The highest BCUT2D eigenvalue weighted by atomic mass is 16.4. The molecule has 0 fully saturated rings. The van der Waals surface area contributed by atoms with E-state index < -0.39 is 17.9 Å². The van der Waals surface area contributed by atoms with Crippen molar-refractivity contribution >= 4 is 11.9 Å². The Morgan fingerprint density at radius 2 is 2.00 bits per heavy atom. The Morgan fingerprint density at radius 3 is 2.52 bits per heavy atom. The molecule has 1 heterocycles. The van der Waals surface area contributed by atoms with Gasteiger partial charge in [-0.15, -0.1) is 0 Å². The zero-order valence-electron chi connectivity index (χ0n) is 11.9. The molecule has 0 aliphatic rings. The van der Waals surface area contributed by atoms with Crippen LogP contribution in [-0.2, 0) is 18.3 Å². The molecule has 0 aliphatic heterocycles. The van der Waals surface area contributed by atoms with E-state index in [0.717, 1.165) is 5.56 Å². The van der Waals surface area contributed by atoms with Crippen LogP contribution < -0.4 is 5.32 Å². The summed E-state index contributed by atoms with van der Waals surface area (Å²) in [4.78, 5) is 23.5. The molecule has 2 aromatic rings. The number of nitrogens with one attached hydrogen (secondary N) is 1. The fraction of sp³-hybridized carbons (Fsp3) is 0.267. The molecule has 1 aromatic carbocycles. The third-order valence-electron chi connectivity index (χ3n) is 3.37. The standard InChI is InChI=1S/C15H17N3O3/c1-10-12(9-16-18(10)2)14(19)17-13(15(20)21)8-11-6-4-3-5-7-11/h3-7,9,13H,8H2,1-2H3,(H,17,19)(H,20,21). The summed E-state index contributed by atoms with van der Waals surface area (Å²) < 4.78 is 1.57. The van der Waals surface area contributed by atoms with Crippen LogP contribution in [0.2, 0.25) is 0 Å². The molecular weight excluding hydrogens is 270 g/mol. The molecule has 0 spiro atoms. The normalized spacial score (nSPS) is 11.9. The maximum absolute atomic E-state index is 12.2. The molecule has 2 rings (SSSR count). The van der Waals surface area contributed by atoms with Crippen LogP contribution in [0.5, 0.6) is 0 Å². The van der Waals surface area contributed by atoms with Crippen molar-refractivity contribution in [3.63, 3.8) is 0 Å². The second-order valence-corrected chi connectivity index (χ2v) is 4.82. The number of amides is 1. The summed E-state index contributed by atoms with van der Waals surface area (Å²) in [6.07, 6.45) is 1.67. The summed E-state index contributed by atoms with van der Waals surface area (Å²) in [6.45, 7) is 1.76. The third kappa shape index (κ3) is 3.47. The Labute approximate surface area is 122 Å². The molecular formula is C15H17N3O3. The minimum Gasteiger partial charge on any atom is -0.480 e. The number of carboxylic acid groups (broad SMARTS) is 1. The van der Waals surface area contributed by atoms with Crippen molar-refractivity contribution in [2.45, 2.75) is 19.4 Å². The lowest BCUT2D eigenvalue weighted by molar-refractivity contribution is -0.139. The minimum absolute atomic E-state index is 0.237. The van der Waals surface area contributed by atoms with Crippen LogP contribution in [0, 0.1) is 6.92 Å². The van der Waals surface area contributed by atoms with Crippen LogP contribution in [0.15, 0.2) is 36.5 Å². The van der Waals surface area contributed by atoms with Gasteiger partial charge in [0.1, 0.15) is 6.04 Å². The fourth-order valence-corrected chi connectivity index (χ4v) is 2.01. The summed E-state index contributed by atoms with van der Waals surface area (Å²) >= 11 is 0. The summed E-state index contributed by atoms with van der Waals surface area (Å²) in [5.41, 5.74) is 1.93. The Morgan fingerprint density at radius 1 is 1.33 bits per heavy atom. The molecule has 0 aliphatic carbocycles. The Hall–Kier alpha value is -2.63. The first-order chi connectivity index (χ1) is 9.99. The van der Waals surface area contributed by atoms with Crippen molar-refractivity contribution in [2.24, 2.45) is 7.05 Å². The van der Waals surface area contributed by atoms with E-state index in [2.05, 4.69) is 10.4 Å². The average molecular weight is 287 g/mol. The number of rotatable bonds is 5. The van der Waals surface area contributed by atoms with Crippen LogP contribution in [0.4, 0.5) is 0 Å². The van der Waals surface area contributed by atoms with E-state index in [4.69, 9.17) is 0 Å². The van der Waals surface area contributed by atoms with Crippen molar-refractivity contribution in [1.82, 2.24) is 15.1 Å². The van der Waals surface area contributed by atoms with Gasteiger partial charge in [-0.25, -0.2) is 4.79 Å². The molecule has 0 saturated heterocycles. The molecule has 1 amide bonds. The molecule has 1 aromatic heterocycles. The number of carbonyl (C=O) groups excluding carboxylic acids is 1. The molecule has 0 radical (unpaired) electrons. The number of carbonyl (C=O) groups is 2. The predicted octanol–water partition coefficient (Wildman–Crippen LogP) is 1.15. The van der Waals surface area contributed by atoms with Gasteiger partial charge in [-0.2, -0.15) is 5.10 Å². The molecule has 6 nitrogen and oxygen atoms in total. The van der Waals surface area contributed by atoms with E-state index in [9.17, 15) is 14.7 Å². The summed E-state index contributed by atoms with van der Waals surface area (Å²) in [6, 6.07) is 8.22. The molecule has 21 heavy (non-hydrogen) atoms.